The molecule has 0 aliphatic heterocycles. The SMILES string of the molecule is CCc1nc(COc2cc(Cl)ccc2C)no1. The van der Waals surface area contributed by atoms with Crippen molar-refractivity contribution in [2.24, 2.45) is 0 Å². The fraction of sp³-hybridized carbons (Fsp3) is 0.333. The zero-order valence-corrected chi connectivity index (χ0v) is 10.5. The van der Waals surface area contributed by atoms with Gasteiger partial charge in [0.15, 0.2) is 6.61 Å². The van der Waals surface area contributed by atoms with Crippen LogP contribution in [0.2, 0.25) is 5.02 Å². The van der Waals surface area contributed by atoms with Crippen LogP contribution in [0, 0.1) is 6.92 Å². The third-order valence-corrected chi connectivity index (χ3v) is 2.55. The summed E-state index contributed by atoms with van der Waals surface area (Å²) in [4.78, 5) is 4.16. The zero-order chi connectivity index (χ0) is 12.3. The highest BCUT2D eigenvalue weighted by atomic mass is 35.5. The summed E-state index contributed by atoms with van der Waals surface area (Å²) in [5.41, 5.74) is 1.02. The molecule has 0 atom stereocenters. The Balaban J connectivity index is 2.04. The second-order valence-electron chi connectivity index (χ2n) is 3.66. The van der Waals surface area contributed by atoms with Gasteiger partial charge in [-0.1, -0.05) is 29.7 Å². The Morgan fingerprint density at radius 1 is 1.41 bits per heavy atom. The largest absolute Gasteiger partial charge is 0.485 e. The van der Waals surface area contributed by atoms with E-state index < -0.39 is 0 Å². The van der Waals surface area contributed by atoms with Crippen LogP contribution in [0.15, 0.2) is 22.7 Å². The molecular formula is C12H13ClN2O2. The van der Waals surface area contributed by atoms with Gasteiger partial charge in [-0.15, -0.1) is 0 Å². The van der Waals surface area contributed by atoms with Gasteiger partial charge in [-0.25, -0.2) is 0 Å². The molecule has 0 N–H and O–H groups in total. The fourth-order valence-corrected chi connectivity index (χ4v) is 1.53. The van der Waals surface area contributed by atoms with Crippen LogP contribution in [0.4, 0.5) is 0 Å². The van der Waals surface area contributed by atoms with Gasteiger partial charge >= 0.3 is 0 Å². The normalized spacial score (nSPS) is 10.5. The smallest absolute Gasteiger partial charge is 0.226 e. The van der Waals surface area contributed by atoms with Crippen molar-refractivity contribution >= 4 is 11.6 Å². The Labute approximate surface area is 105 Å². The van der Waals surface area contributed by atoms with Gasteiger partial charge in [0.1, 0.15) is 5.75 Å². The van der Waals surface area contributed by atoms with E-state index in [1.54, 1.807) is 6.07 Å². The Kier molecular flexibility index (Phi) is 3.64. The van der Waals surface area contributed by atoms with E-state index in [0.717, 1.165) is 17.7 Å². The van der Waals surface area contributed by atoms with Crippen LogP contribution in [-0.4, -0.2) is 10.1 Å². The van der Waals surface area contributed by atoms with E-state index in [9.17, 15) is 0 Å². The summed E-state index contributed by atoms with van der Waals surface area (Å²) >= 11 is 5.90. The lowest BCUT2D eigenvalue weighted by molar-refractivity contribution is 0.283. The molecule has 0 unspecified atom stereocenters. The molecule has 0 fully saturated rings. The summed E-state index contributed by atoms with van der Waals surface area (Å²) in [5.74, 6) is 1.90. The van der Waals surface area contributed by atoms with Gasteiger partial charge < -0.3 is 9.26 Å². The molecule has 0 aliphatic carbocycles. The summed E-state index contributed by atoms with van der Waals surface area (Å²) in [6.07, 6.45) is 0.725. The number of aryl methyl sites for hydroxylation is 2. The monoisotopic (exact) mass is 252 g/mol. The van der Waals surface area contributed by atoms with Crippen molar-refractivity contribution in [3.8, 4) is 5.75 Å². The molecule has 0 spiro atoms. The molecule has 1 aromatic carbocycles. The van der Waals surface area contributed by atoms with Gasteiger partial charge in [-0.05, 0) is 24.6 Å². The molecule has 17 heavy (non-hydrogen) atoms. The van der Waals surface area contributed by atoms with E-state index >= 15 is 0 Å². The second kappa shape index (κ2) is 5.19. The van der Waals surface area contributed by atoms with E-state index in [2.05, 4.69) is 10.1 Å². The molecule has 0 saturated heterocycles. The highest BCUT2D eigenvalue weighted by Crippen LogP contribution is 2.23. The maximum absolute atomic E-state index is 5.90. The Hall–Kier alpha value is -1.55. The quantitative estimate of drug-likeness (QED) is 0.839. The number of rotatable bonds is 4. The van der Waals surface area contributed by atoms with Crippen LogP contribution >= 0.6 is 11.6 Å². The fourth-order valence-electron chi connectivity index (χ4n) is 1.36. The van der Waals surface area contributed by atoms with Gasteiger partial charge in [0.25, 0.3) is 0 Å². The molecule has 90 valence electrons. The number of benzene rings is 1. The molecular weight excluding hydrogens is 240 g/mol. The first kappa shape index (κ1) is 11.9. The van der Waals surface area contributed by atoms with Crippen LogP contribution in [-0.2, 0) is 13.0 Å². The molecule has 1 aromatic heterocycles. The lowest BCUT2D eigenvalue weighted by Crippen LogP contribution is -1.99. The van der Waals surface area contributed by atoms with Crippen LogP contribution in [0.5, 0.6) is 5.75 Å². The number of hydrogen-bond donors (Lipinski definition) is 0. The number of nitrogens with zero attached hydrogens (tertiary/aromatic N) is 2. The molecule has 5 heteroatoms. The number of aromatic nitrogens is 2. The Morgan fingerprint density at radius 2 is 2.24 bits per heavy atom. The third-order valence-electron chi connectivity index (χ3n) is 2.32. The van der Waals surface area contributed by atoms with E-state index in [1.165, 1.54) is 0 Å². The first-order valence-corrected chi connectivity index (χ1v) is 5.77. The molecule has 4 nitrogen and oxygen atoms in total. The third kappa shape index (κ3) is 2.97. The van der Waals surface area contributed by atoms with Gasteiger partial charge in [0.2, 0.25) is 11.7 Å². The molecule has 2 aromatic rings. The van der Waals surface area contributed by atoms with E-state index in [0.29, 0.717) is 16.7 Å². The number of hydrogen-bond acceptors (Lipinski definition) is 4. The minimum atomic E-state index is 0.282. The first-order valence-electron chi connectivity index (χ1n) is 5.39. The second-order valence-corrected chi connectivity index (χ2v) is 4.09. The lowest BCUT2D eigenvalue weighted by atomic mass is 10.2. The number of ether oxygens (including phenoxy) is 1. The van der Waals surface area contributed by atoms with Crippen molar-refractivity contribution in [1.29, 1.82) is 0 Å². The van der Waals surface area contributed by atoms with Gasteiger partial charge in [0, 0.05) is 11.4 Å². The summed E-state index contributed by atoms with van der Waals surface area (Å²) in [6, 6.07) is 5.51. The van der Waals surface area contributed by atoms with Gasteiger partial charge in [0.05, 0.1) is 0 Å². The van der Waals surface area contributed by atoms with Crippen molar-refractivity contribution < 1.29 is 9.26 Å². The standard InChI is InChI=1S/C12H13ClN2O2/c1-3-12-14-11(15-17-12)7-16-10-6-9(13)5-4-8(10)2/h4-6H,3,7H2,1-2H3. The van der Waals surface area contributed by atoms with Crippen LogP contribution in [0.1, 0.15) is 24.2 Å². The summed E-state index contributed by atoms with van der Waals surface area (Å²) < 4.78 is 10.6. The zero-order valence-electron chi connectivity index (χ0n) is 9.74. The molecule has 0 aliphatic rings. The Morgan fingerprint density at radius 3 is 2.94 bits per heavy atom. The van der Waals surface area contributed by atoms with Crippen LogP contribution in [0.25, 0.3) is 0 Å². The van der Waals surface area contributed by atoms with Crippen LogP contribution in [0.3, 0.4) is 0 Å². The molecule has 0 radical (unpaired) electrons. The summed E-state index contributed by atoms with van der Waals surface area (Å²) in [7, 11) is 0. The maximum Gasteiger partial charge on any atom is 0.226 e. The topological polar surface area (TPSA) is 48.2 Å². The van der Waals surface area contributed by atoms with Gasteiger partial charge in [-0.3, -0.25) is 0 Å². The van der Waals surface area contributed by atoms with Crippen LogP contribution < -0.4 is 4.74 Å². The van der Waals surface area contributed by atoms with Crippen molar-refractivity contribution in [3.63, 3.8) is 0 Å². The van der Waals surface area contributed by atoms with E-state index in [4.69, 9.17) is 20.9 Å². The van der Waals surface area contributed by atoms with Crippen molar-refractivity contribution in [2.75, 3.05) is 0 Å². The summed E-state index contributed by atoms with van der Waals surface area (Å²) in [5, 5.41) is 4.46. The van der Waals surface area contributed by atoms with Crippen molar-refractivity contribution in [2.45, 2.75) is 26.9 Å². The van der Waals surface area contributed by atoms with Gasteiger partial charge in [-0.2, -0.15) is 4.98 Å². The van der Waals surface area contributed by atoms with Crippen molar-refractivity contribution in [3.05, 3.63) is 40.5 Å². The summed E-state index contributed by atoms with van der Waals surface area (Å²) in [6.45, 7) is 4.20. The highest BCUT2D eigenvalue weighted by molar-refractivity contribution is 6.30. The molecule has 0 saturated carbocycles. The predicted octanol–water partition coefficient (Wildman–Crippen LogP) is 3.17. The average Bonchev–Trinajstić information content (AvgIpc) is 2.78. The number of halogens is 1. The molecule has 1 heterocycles. The maximum atomic E-state index is 5.90. The highest BCUT2D eigenvalue weighted by Gasteiger charge is 2.06. The van der Waals surface area contributed by atoms with E-state index in [1.807, 2.05) is 26.0 Å². The van der Waals surface area contributed by atoms with Crippen molar-refractivity contribution in [1.82, 2.24) is 10.1 Å². The average molecular weight is 253 g/mol. The Bertz CT molecular complexity index is 511. The molecule has 0 bridgehead atoms. The predicted molar refractivity (Wildman–Crippen MR) is 64.2 cm³/mol. The molecule has 2 rings (SSSR count). The lowest BCUT2D eigenvalue weighted by Gasteiger charge is -2.06. The molecule has 0 amide bonds. The minimum Gasteiger partial charge on any atom is -0.485 e. The minimum absolute atomic E-state index is 0.282. The first-order chi connectivity index (χ1) is 8.19. The van der Waals surface area contributed by atoms with E-state index in [-0.39, 0.29) is 6.61 Å².